The fraction of sp³-hybridized carbons (Fsp3) is 0.105. The second-order valence-corrected chi connectivity index (χ2v) is 5.04. The quantitative estimate of drug-likeness (QED) is 0.638. The van der Waals surface area contributed by atoms with Gasteiger partial charge in [0.15, 0.2) is 6.29 Å². The molecule has 126 valence electrons. The van der Waals surface area contributed by atoms with Crippen LogP contribution >= 0.6 is 0 Å². The van der Waals surface area contributed by atoms with Gasteiger partial charge < -0.3 is 14.2 Å². The summed E-state index contributed by atoms with van der Waals surface area (Å²) in [6.45, 7) is 0. The van der Waals surface area contributed by atoms with Crippen LogP contribution in [0, 0.1) is 0 Å². The van der Waals surface area contributed by atoms with Crippen molar-refractivity contribution in [1.82, 2.24) is 9.97 Å². The van der Waals surface area contributed by atoms with Gasteiger partial charge in [0.05, 0.1) is 25.8 Å². The molecule has 1 aromatic heterocycles. The average molecular weight is 336 g/mol. The largest absolute Gasteiger partial charge is 0.481 e. The molecule has 6 heteroatoms. The van der Waals surface area contributed by atoms with Gasteiger partial charge in [-0.3, -0.25) is 4.79 Å². The molecular formula is C19H16N2O4. The highest BCUT2D eigenvalue weighted by Crippen LogP contribution is 2.32. The summed E-state index contributed by atoms with van der Waals surface area (Å²) in [6, 6.07) is 16.5. The van der Waals surface area contributed by atoms with Crippen LogP contribution in [-0.4, -0.2) is 30.5 Å². The molecule has 0 fully saturated rings. The van der Waals surface area contributed by atoms with Crippen LogP contribution in [0.2, 0.25) is 0 Å². The summed E-state index contributed by atoms with van der Waals surface area (Å²) in [6.07, 6.45) is 0.759. The van der Waals surface area contributed by atoms with Gasteiger partial charge in [0.1, 0.15) is 5.75 Å². The van der Waals surface area contributed by atoms with E-state index in [-0.39, 0.29) is 6.01 Å². The first-order valence-electron chi connectivity index (χ1n) is 7.53. The zero-order valence-electron chi connectivity index (χ0n) is 13.8. The summed E-state index contributed by atoms with van der Waals surface area (Å²) in [5, 5.41) is 0. The first kappa shape index (κ1) is 16.4. The first-order chi connectivity index (χ1) is 12.2. The molecule has 0 N–H and O–H groups in total. The van der Waals surface area contributed by atoms with Gasteiger partial charge in [-0.1, -0.05) is 42.5 Å². The Morgan fingerprint density at radius 2 is 1.56 bits per heavy atom. The van der Waals surface area contributed by atoms with Crippen LogP contribution in [0.5, 0.6) is 23.5 Å². The minimum absolute atomic E-state index is 0.0320. The molecule has 1 heterocycles. The number of benzene rings is 2. The van der Waals surface area contributed by atoms with Crippen molar-refractivity contribution in [2.75, 3.05) is 14.2 Å². The molecule has 0 aliphatic heterocycles. The van der Waals surface area contributed by atoms with E-state index >= 15 is 0 Å². The molecule has 3 rings (SSSR count). The average Bonchev–Trinajstić information content (AvgIpc) is 2.68. The molecule has 0 saturated heterocycles. The Kier molecular flexibility index (Phi) is 4.89. The van der Waals surface area contributed by atoms with Crippen molar-refractivity contribution in [2.45, 2.75) is 0 Å². The van der Waals surface area contributed by atoms with E-state index in [0.717, 1.165) is 17.4 Å². The number of aldehydes is 1. The van der Waals surface area contributed by atoms with E-state index in [1.165, 1.54) is 20.3 Å². The lowest BCUT2D eigenvalue weighted by molar-refractivity contribution is 0.112. The second-order valence-electron chi connectivity index (χ2n) is 5.04. The van der Waals surface area contributed by atoms with Gasteiger partial charge in [-0.15, -0.1) is 0 Å². The summed E-state index contributed by atoms with van der Waals surface area (Å²) < 4.78 is 15.9. The molecule has 0 bridgehead atoms. The van der Waals surface area contributed by atoms with E-state index in [1.54, 1.807) is 6.07 Å². The highest BCUT2D eigenvalue weighted by molar-refractivity contribution is 5.91. The Bertz CT molecular complexity index is 860. The molecule has 3 aromatic rings. The van der Waals surface area contributed by atoms with E-state index < -0.39 is 0 Å². The van der Waals surface area contributed by atoms with Crippen LogP contribution in [0.3, 0.4) is 0 Å². The van der Waals surface area contributed by atoms with Crippen LogP contribution in [0.1, 0.15) is 10.4 Å². The summed E-state index contributed by atoms with van der Waals surface area (Å²) in [5.74, 6) is 0.953. The predicted molar refractivity (Wildman–Crippen MR) is 92.5 cm³/mol. The van der Waals surface area contributed by atoms with Crippen molar-refractivity contribution in [1.29, 1.82) is 0 Å². The SMILES string of the molecule is COc1cc(OC)nc(Oc2cccc(-c3ccccc3)c2C=O)n1. The van der Waals surface area contributed by atoms with Crippen molar-refractivity contribution < 1.29 is 19.0 Å². The number of nitrogens with zero attached hydrogens (tertiary/aromatic N) is 2. The topological polar surface area (TPSA) is 70.5 Å². The van der Waals surface area contributed by atoms with Crippen LogP contribution in [0.25, 0.3) is 11.1 Å². The molecule has 0 amide bonds. The Balaban J connectivity index is 2.03. The number of carbonyl (C=O) groups is 1. The summed E-state index contributed by atoms with van der Waals surface area (Å²) >= 11 is 0. The van der Waals surface area contributed by atoms with Crippen LogP contribution < -0.4 is 14.2 Å². The summed E-state index contributed by atoms with van der Waals surface area (Å²) in [7, 11) is 2.97. The lowest BCUT2D eigenvalue weighted by atomic mass is 10.00. The van der Waals surface area contributed by atoms with E-state index in [1.807, 2.05) is 42.5 Å². The normalized spacial score (nSPS) is 10.2. The molecular weight excluding hydrogens is 320 g/mol. The number of carbonyl (C=O) groups excluding carboxylic acids is 1. The number of hydrogen-bond acceptors (Lipinski definition) is 6. The number of hydrogen-bond donors (Lipinski definition) is 0. The van der Waals surface area contributed by atoms with Crippen LogP contribution in [0.4, 0.5) is 0 Å². The van der Waals surface area contributed by atoms with E-state index in [9.17, 15) is 4.79 Å². The minimum atomic E-state index is 0.0320. The zero-order chi connectivity index (χ0) is 17.6. The van der Waals surface area contributed by atoms with Crippen molar-refractivity contribution >= 4 is 6.29 Å². The molecule has 0 unspecified atom stereocenters. The van der Waals surface area contributed by atoms with Gasteiger partial charge in [-0.2, -0.15) is 9.97 Å². The molecule has 0 aliphatic carbocycles. The third-order valence-electron chi connectivity index (χ3n) is 3.55. The maximum Gasteiger partial charge on any atom is 0.328 e. The molecule has 0 spiro atoms. The summed E-state index contributed by atoms with van der Waals surface area (Å²) in [4.78, 5) is 19.9. The maximum atomic E-state index is 11.7. The van der Waals surface area contributed by atoms with Gasteiger partial charge in [-0.25, -0.2) is 0 Å². The van der Waals surface area contributed by atoms with Crippen molar-refractivity contribution in [2.24, 2.45) is 0 Å². The lowest BCUT2D eigenvalue weighted by Crippen LogP contribution is -2.00. The Morgan fingerprint density at radius 1 is 0.880 bits per heavy atom. The number of methoxy groups -OCH3 is 2. The number of aromatic nitrogens is 2. The van der Waals surface area contributed by atoms with Gasteiger partial charge in [0.2, 0.25) is 11.8 Å². The van der Waals surface area contributed by atoms with Gasteiger partial charge in [-0.05, 0) is 17.2 Å². The third kappa shape index (κ3) is 3.58. The van der Waals surface area contributed by atoms with Crippen molar-refractivity contribution in [3.05, 3.63) is 60.2 Å². The fourth-order valence-electron chi connectivity index (χ4n) is 2.36. The van der Waals surface area contributed by atoms with Gasteiger partial charge in [0.25, 0.3) is 0 Å². The third-order valence-corrected chi connectivity index (χ3v) is 3.55. The highest BCUT2D eigenvalue weighted by atomic mass is 16.5. The minimum Gasteiger partial charge on any atom is -0.481 e. The standard InChI is InChI=1S/C19H16N2O4/c1-23-17-11-18(24-2)21-19(20-17)25-16-10-6-9-14(15(16)12-22)13-7-4-3-5-8-13/h3-12H,1-2H3. The fourth-order valence-corrected chi connectivity index (χ4v) is 2.36. The molecule has 0 aliphatic rings. The van der Waals surface area contributed by atoms with Crippen molar-refractivity contribution in [3.63, 3.8) is 0 Å². The van der Waals surface area contributed by atoms with E-state index in [0.29, 0.717) is 23.1 Å². The van der Waals surface area contributed by atoms with Gasteiger partial charge >= 0.3 is 6.01 Å². The van der Waals surface area contributed by atoms with Crippen LogP contribution in [-0.2, 0) is 0 Å². The molecule has 25 heavy (non-hydrogen) atoms. The molecule has 0 saturated carbocycles. The van der Waals surface area contributed by atoms with E-state index in [2.05, 4.69) is 9.97 Å². The monoisotopic (exact) mass is 336 g/mol. The highest BCUT2D eigenvalue weighted by Gasteiger charge is 2.14. The Morgan fingerprint density at radius 3 is 2.16 bits per heavy atom. The first-order valence-corrected chi connectivity index (χ1v) is 7.53. The second kappa shape index (κ2) is 7.44. The Labute approximate surface area is 145 Å². The van der Waals surface area contributed by atoms with Crippen LogP contribution in [0.15, 0.2) is 54.6 Å². The Hall–Kier alpha value is -3.41. The molecule has 0 atom stereocenters. The number of rotatable bonds is 6. The van der Waals surface area contributed by atoms with E-state index in [4.69, 9.17) is 14.2 Å². The summed E-state index contributed by atoms with van der Waals surface area (Å²) in [5.41, 5.74) is 2.10. The maximum absolute atomic E-state index is 11.7. The smallest absolute Gasteiger partial charge is 0.328 e. The number of ether oxygens (including phenoxy) is 3. The molecule has 6 nitrogen and oxygen atoms in total. The molecule has 0 radical (unpaired) electrons. The van der Waals surface area contributed by atoms with Gasteiger partial charge in [0, 0.05) is 0 Å². The molecule has 2 aromatic carbocycles. The zero-order valence-corrected chi connectivity index (χ0v) is 13.8. The van der Waals surface area contributed by atoms with Crippen molar-refractivity contribution in [3.8, 4) is 34.6 Å². The predicted octanol–water partition coefficient (Wildman–Crippen LogP) is 3.77. The lowest BCUT2D eigenvalue weighted by Gasteiger charge is -2.12.